The van der Waals surface area contributed by atoms with Gasteiger partial charge in [0.2, 0.25) is 0 Å². The number of fused-ring (bicyclic) bond motifs is 1. The summed E-state index contributed by atoms with van der Waals surface area (Å²) in [6.07, 6.45) is 0.886. The van der Waals surface area contributed by atoms with Crippen molar-refractivity contribution in [2.24, 2.45) is 0 Å². The average Bonchev–Trinajstić information content (AvgIpc) is 2.54. The van der Waals surface area contributed by atoms with Gasteiger partial charge in [0.1, 0.15) is 5.60 Å². The third kappa shape index (κ3) is 2.35. The molecule has 0 fully saturated rings. The topological polar surface area (TPSA) is 27.7 Å². The lowest BCUT2D eigenvalue weighted by Gasteiger charge is -2.37. The minimum atomic E-state index is -0.458. The summed E-state index contributed by atoms with van der Waals surface area (Å²) in [5, 5.41) is 0. The molecule has 0 N–H and O–H groups in total. The van der Waals surface area contributed by atoms with Crippen molar-refractivity contribution in [3.8, 4) is 11.5 Å². The van der Waals surface area contributed by atoms with Gasteiger partial charge in [-0.1, -0.05) is 29.8 Å². The second kappa shape index (κ2) is 5.65. The molecule has 0 amide bonds. The quantitative estimate of drug-likeness (QED) is 0.861. The van der Waals surface area contributed by atoms with Crippen molar-refractivity contribution in [3.63, 3.8) is 0 Å². The van der Waals surface area contributed by atoms with Gasteiger partial charge >= 0.3 is 0 Å². The average molecular weight is 298 g/mol. The summed E-state index contributed by atoms with van der Waals surface area (Å²) in [6.45, 7) is 4.92. The van der Waals surface area contributed by atoms with Crippen LogP contribution in [0.4, 0.5) is 0 Å². The van der Waals surface area contributed by atoms with E-state index in [1.165, 1.54) is 11.1 Å². The molecule has 0 radical (unpaired) electrons. The highest BCUT2D eigenvalue weighted by atomic mass is 16.5. The first-order chi connectivity index (χ1) is 10.6. The number of methoxy groups -OCH3 is 2. The molecule has 3 rings (SSSR count). The first-order valence-corrected chi connectivity index (χ1v) is 7.55. The number of hydrogen-bond acceptors (Lipinski definition) is 3. The molecule has 2 aromatic rings. The molecule has 3 nitrogen and oxygen atoms in total. The molecular formula is C19H22O3. The monoisotopic (exact) mass is 298 g/mol. The summed E-state index contributed by atoms with van der Waals surface area (Å²) in [6, 6.07) is 12.6. The highest BCUT2D eigenvalue weighted by molar-refractivity contribution is 5.53. The Hall–Kier alpha value is -2.00. The predicted molar refractivity (Wildman–Crippen MR) is 86.8 cm³/mol. The van der Waals surface area contributed by atoms with E-state index in [0.29, 0.717) is 6.61 Å². The molecule has 3 heteroatoms. The van der Waals surface area contributed by atoms with E-state index < -0.39 is 5.60 Å². The number of aryl methyl sites for hydroxylation is 1. The fourth-order valence-corrected chi connectivity index (χ4v) is 3.13. The Bertz CT molecular complexity index is 676. The first kappa shape index (κ1) is 14.9. The fourth-order valence-electron chi connectivity index (χ4n) is 3.13. The van der Waals surface area contributed by atoms with Crippen LogP contribution < -0.4 is 9.47 Å². The summed E-state index contributed by atoms with van der Waals surface area (Å²) in [5.41, 5.74) is 4.36. The number of benzene rings is 2. The van der Waals surface area contributed by atoms with E-state index in [1.807, 2.05) is 6.07 Å². The Morgan fingerprint density at radius 2 is 1.64 bits per heavy atom. The number of rotatable bonds is 3. The van der Waals surface area contributed by atoms with Gasteiger partial charge in [-0.15, -0.1) is 0 Å². The lowest BCUT2D eigenvalue weighted by Crippen LogP contribution is -2.33. The third-order valence-electron chi connectivity index (χ3n) is 4.49. The molecule has 1 aliphatic rings. The van der Waals surface area contributed by atoms with E-state index in [1.54, 1.807) is 14.2 Å². The van der Waals surface area contributed by atoms with Gasteiger partial charge in [-0.25, -0.2) is 0 Å². The molecule has 0 saturated heterocycles. The van der Waals surface area contributed by atoms with Crippen LogP contribution in [-0.4, -0.2) is 20.8 Å². The molecule has 116 valence electrons. The summed E-state index contributed by atoms with van der Waals surface area (Å²) >= 11 is 0. The van der Waals surface area contributed by atoms with Crippen molar-refractivity contribution in [2.75, 3.05) is 20.8 Å². The zero-order valence-electron chi connectivity index (χ0n) is 13.6. The van der Waals surface area contributed by atoms with Gasteiger partial charge in [0.05, 0.1) is 20.8 Å². The van der Waals surface area contributed by atoms with Gasteiger partial charge in [0.25, 0.3) is 0 Å². The van der Waals surface area contributed by atoms with E-state index in [0.717, 1.165) is 29.0 Å². The lowest BCUT2D eigenvalue weighted by atomic mass is 9.82. The SMILES string of the molecule is COc1cc2c(cc1OC)C(C)(c1ccc(C)cc1)OCC2. The Labute approximate surface area is 131 Å². The molecular weight excluding hydrogens is 276 g/mol. The Kier molecular flexibility index (Phi) is 3.83. The largest absolute Gasteiger partial charge is 0.493 e. The van der Waals surface area contributed by atoms with Gasteiger partial charge in [-0.05, 0) is 49.1 Å². The minimum Gasteiger partial charge on any atom is -0.493 e. The second-order valence-corrected chi connectivity index (χ2v) is 5.86. The lowest BCUT2D eigenvalue weighted by molar-refractivity contribution is -0.0144. The third-order valence-corrected chi connectivity index (χ3v) is 4.49. The minimum absolute atomic E-state index is 0.458. The van der Waals surface area contributed by atoms with Crippen molar-refractivity contribution in [2.45, 2.75) is 25.9 Å². The predicted octanol–water partition coefficient (Wildman–Crippen LogP) is 3.85. The van der Waals surface area contributed by atoms with E-state index in [4.69, 9.17) is 14.2 Å². The molecule has 0 aromatic heterocycles. The summed E-state index contributed by atoms with van der Waals surface area (Å²) < 4.78 is 17.1. The molecule has 0 spiro atoms. The highest BCUT2D eigenvalue weighted by Gasteiger charge is 2.36. The first-order valence-electron chi connectivity index (χ1n) is 7.55. The van der Waals surface area contributed by atoms with Gasteiger partial charge in [0, 0.05) is 0 Å². The van der Waals surface area contributed by atoms with Crippen molar-refractivity contribution in [1.29, 1.82) is 0 Å². The van der Waals surface area contributed by atoms with Crippen molar-refractivity contribution >= 4 is 0 Å². The van der Waals surface area contributed by atoms with Crippen molar-refractivity contribution < 1.29 is 14.2 Å². The molecule has 0 aliphatic carbocycles. The Balaban J connectivity index is 2.15. The van der Waals surface area contributed by atoms with E-state index >= 15 is 0 Å². The standard InChI is InChI=1S/C19H22O3/c1-13-5-7-15(8-6-13)19(2)16-12-18(21-4)17(20-3)11-14(16)9-10-22-19/h5-8,11-12H,9-10H2,1-4H3. The molecule has 1 heterocycles. The van der Waals surface area contributed by atoms with Crippen LogP contribution in [0.5, 0.6) is 11.5 Å². The van der Waals surface area contributed by atoms with Crippen LogP contribution in [0.3, 0.4) is 0 Å². The maximum absolute atomic E-state index is 6.19. The van der Waals surface area contributed by atoms with E-state index in [2.05, 4.69) is 44.2 Å². The molecule has 2 aromatic carbocycles. The fraction of sp³-hybridized carbons (Fsp3) is 0.368. The van der Waals surface area contributed by atoms with Crippen LogP contribution in [0, 0.1) is 6.92 Å². The van der Waals surface area contributed by atoms with Crippen LogP contribution in [-0.2, 0) is 16.8 Å². The summed E-state index contributed by atoms with van der Waals surface area (Å²) in [5.74, 6) is 1.51. The second-order valence-electron chi connectivity index (χ2n) is 5.86. The highest BCUT2D eigenvalue weighted by Crippen LogP contribution is 2.43. The molecule has 1 atom stereocenters. The molecule has 22 heavy (non-hydrogen) atoms. The van der Waals surface area contributed by atoms with Gasteiger partial charge in [-0.3, -0.25) is 0 Å². The van der Waals surface area contributed by atoms with E-state index in [-0.39, 0.29) is 0 Å². The molecule has 1 unspecified atom stereocenters. The summed E-state index contributed by atoms with van der Waals surface area (Å²) in [7, 11) is 3.33. The number of ether oxygens (including phenoxy) is 3. The van der Waals surface area contributed by atoms with Crippen LogP contribution >= 0.6 is 0 Å². The molecule has 0 bridgehead atoms. The Morgan fingerprint density at radius 3 is 2.27 bits per heavy atom. The maximum Gasteiger partial charge on any atom is 0.161 e. The summed E-state index contributed by atoms with van der Waals surface area (Å²) in [4.78, 5) is 0. The molecule has 0 saturated carbocycles. The van der Waals surface area contributed by atoms with Gasteiger partial charge in [-0.2, -0.15) is 0 Å². The molecule has 1 aliphatic heterocycles. The van der Waals surface area contributed by atoms with Crippen molar-refractivity contribution in [3.05, 3.63) is 58.7 Å². The van der Waals surface area contributed by atoms with Gasteiger partial charge < -0.3 is 14.2 Å². The zero-order valence-corrected chi connectivity index (χ0v) is 13.6. The van der Waals surface area contributed by atoms with Crippen LogP contribution in [0.2, 0.25) is 0 Å². The zero-order chi connectivity index (χ0) is 15.7. The Morgan fingerprint density at radius 1 is 1.00 bits per heavy atom. The van der Waals surface area contributed by atoms with Gasteiger partial charge in [0.15, 0.2) is 11.5 Å². The van der Waals surface area contributed by atoms with Crippen molar-refractivity contribution in [1.82, 2.24) is 0 Å². The van der Waals surface area contributed by atoms with Crippen LogP contribution in [0.1, 0.15) is 29.2 Å². The maximum atomic E-state index is 6.19. The van der Waals surface area contributed by atoms with E-state index in [9.17, 15) is 0 Å². The van der Waals surface area contributed by atoms with Crippen LogP contribution in [0.25, 0.3) is 0 Å². The van der Waals surface area contributed by atoms with Crippen LogP contribution in [0.15, 0.2) is 36.4 Å². The number of hydrogen-bond donors (Lipinski definition) is 0. The smallest absolute Gasteiger partial charge is 0.161 e. The normalized spacial score (nSPS) is 20.4.